The van der Waals surface area contributed by atoms with Crippen LogP contribution in [0, 0.1) is 0 Å². The molecule has 0 aliphatic carbocycles. The zero-order valence-corrected chi connectivity index (χ0v) is 7.55. The number of rotatable bonds is 3. The van der Waals surface area contributed by atoms with E-state index in [0.717, 1.165) is 0 Å². The molecule has 48 valence electrons. The fraction of sp³-hybridized carbons (Fsp3) is 0.750. The Labute approximate surface area is 75.4 Å². The van der Waals surface area contributed by atoms with Gasteiger partial charge in [-0.05, 0) is 6.42 Å². The van der Waals surface area contributed by atoms with Crippen LogP contribution >= 0.6 is 0 Å². The van der Waals surface area contributed by atoms with Crippen molar-refractivity contribution in [2.24, 2.45) is 0 Å². The van der Waals surface area contributed by atoms with Crippen LogP contribution in [0.4, 0.5) is 4.79 Å². The van der Waals surface area contributed by atoms with Crippen molar-refractivity contribution in [3.63, 3.8) is 0 Å². The summed E-state index contributed by atoms with van der Waals surface area (Å²) in [4.78, 5) is 17.1. The molecule has 0 saturated carbocycles. The van der Waals surface area contributed by atoms with Crippen molar-refractivity contribution >= 4 is 6.16 Å². The van der Waals surface area contributed by atoms with Gasteiger partial charge in [-0.3, -0.25) is 4.89 Å². The van der Waals surface area contributed by atoms with Crippen LogP contribution in [0.1, 0.15) is 13.3 Å². The van der Waals surface area contributed by atoms with Gasteiger partial charge in [0.2, 0.25) is 0 Å². The number of carbonyl (C=O) groups is 1. The Balaban J connectivity index is 0. The van der Waals surface area contributed by atoms with Crippen LogP contribution < -0.4 is 34.7 Å². The van der Waals surface area contributed by atoms with Gasteiger partial charge in [-0.2, -0.15) is 0 Å². The van der Waals surface area contributed by atoms with E-state index in [1.54, 1.807) is 0 Å². The monoisotopic (exact) mass is 142 g/mol. The van der Waals surface area contributed by atoms with Gasteiger partial charge in [0.05, 0.1) is 6.61 Å². The summed E-state index contributed by atoms with van der Waals surface area (Å²) in [5.41, 5.74) is 0. The first-order valence-electron chi connectivity index (χ1n) is 2.27. The van der Waals surface area contributed by atoms with Crippen molar-refractivity contribution in [1.29, 1.82) is 0 Å². The molecule has 5 heteroatoms. The molecule has 0 heterocycles. The molecule has 0 radical (unpaired) electrons. The number of carboxylic acid groups (broad SMARTS) is 1. The zero-order valence-electron chi connectivity index (χ0n) is 5.55. The molecule has 0 aromatic carbocycles. The molecule has 0 amide bonds. The molecule has 0 aromatic heterocycles. The van der Waals surface area contributed by atoms with Gasteiger partial charge in [-0.25, -0.2) is 0 Å². The van der Waals surface area contributed by atoms with Gasteiger partial charge in [0.1, 0.15) is 0 Å². The summed E-state index contributed by atoms with van der Waals surface area (Å²) in [6, 6.07) is 0. The maximum absolute atomic E-state index is 9.42. The Bertz CT molecular complexity index is 75.0. The second-order valence-electron chi connectivity index (χ2n) is 1.16. The first-order chi connectivity index (χ1) is 3.77. The summed E-state index contributed by atoms with van der Waals surface area (Å²) in [7, 11) is 0. The van der Waals surface area contributed by atoms with Crippen LogP contribution in [0.5, 0.6) is 0 Å². The quantitative estimate of drug-likeness (QED) is 0.179. The van der Waals surface area contributed by atoms with Crippen LogP contribution in [0.25, 0.3) is 0 Å². The summed E-state index contributed by atoms with van der Waals surface area (Å²) in [6.45, 7) is 2.10. The minimum absolute atomic E-state index is 0. The van der Waals surface area contributed by atoms with E-state index in [9.17, 15) is 9.90 Å². The molecule has 0 fully saturated rings. The second kappa shape index (κ2) is 8.23. The zero-order chi connectivity index (χ0) is 6.41. The summed E-state index contributed by atoms with van der Waals surface area (Å²) in [5, 5.41) is 9.42. The standard InChI is InChI=1S/C4H8O4.Na/c1-2-3-7-8-4(5)6;/h2-3H2,1H3,(H,5,6);/q;+1/p-1. The average molecular weight is 142 g/mol. The van der Waals surface area contributed by atoms with E-state index < -0.39 is 6.16 Å². The smallest absolute Gasteiger partial charge is 0.424 e. The molecule has 9 heavy (non-hydrogen) atoms. The molecular weight excluding hydrogens is 135 g/mol. The third kappa shape index (κ3) is 11.7. The normalized spacial score (nSPS) is 7.67. The van der Waals surface area contributed by atoms with E-state index in [-0.39, 0.29) is 36.2 Å². The summed E-state index contributed by atoms with van der Waals surface area (Å²) in [6.07, 6.45) is -0.939. The molecule has 0 spiro atoms. The summed E-state index contributed by atoms with van der Waals surface area (Å²) < 4.78 is 0. The number of hydrogen-bond donors (Lipinski definition) is 0. The fourth-order valence-electron chi connectivity index (χ4n) is 0.173. The molecule has 0 saturated heterocycles. The minimum Gasteiger partial charge on any atom is -0.424 e. The van der Waals surface area contributed by atoms with Gasteiger partial charge in [-0.15, -0.1) is 0 Å². The maximum Gasteiger partial charge on any atom is 1.00 e. The molecule has 0 aromatic rings. The molecule has 0 aliphatic heterocycles. The Morgan fingerprint density at radius 2 is 2.22 bits per heavy atom. The van der Waals surface area contributed by atoms with Crippen LogP contribution in [0.15, 0.2) is 0 Å². The largest absolute Gasteiger partial charge is 1.00 e. The van der Waals surface area contributed by atoms with Gasteiger partial charge < -0.3 is 14.8 Å². The van der Waals surface area contributed by atoms with E-state index >= 15 is 0 Å². The Hall–Kier alpha value is 0.230. The van der Waals surface area contributed by atoms with Gasteiger partial charge in [-0.1, -0.05) is 6.92 Å². The van der Waals surface area contributed by atoms with Crippen LogP contribution in [0.3, 0.4) is 0 Å². The van der Waals surface area contributed by atoms with E-state index in [0.29, 0.717) is 6.42 Å². The molecule has 0 aliphatic rings. The van der Waals surface area contributed by atoms with Crippen molar-refractivity contribution < 1.29 is 49.2 Å². The third-order valence-electron chi connectivity index (χ3n) is 0.414. The van der Waals surface area contributed by atoms with Crippen molar-refractivity contribution in [2.75, 3.05) is 6.61 Å². The fourth-order valence-corrected chi connectivity index (χ4v) is 0.173. The van der Waals surface area contributed by atoms with Crippen molar-refractivity contribution in [3.05, 3.63) is 0 Å². The molecule has 0 bridgehead atoms. The molecular formula is C4H7NaO4. The predicted octanol–water partition coefficient (Wildman–Crippen LogP) is -3.31. The van der Waals surface area contributed by atoms with Gasteiger partial charge in [0.25, 0.3) is 6.16 Å². The number of hydrogen-bond acceptors (Lipinski definition) is 4. The minimum atomic E-state index is -1.65. The van der Waals surface area contributed by atoms with Crippen molar-refractivity contribution in [3.8, 4) is 0 Å². The van der Waals surface area contributed by atoms with E-state index in [1.165, 1.54) is 0 Å². The Morgan fingerprint density at radius 3 is 2.56 bits per heavy atom. The van der Waals surface area contributed by atoms with E-state index in [2.05, 4.69) is 9.78 Å². The maximum atomic E-state index is 9.42. The van der Waals surface area contributed by atoms with Gasteiger partial charge in [0.15, 0.2) is 0 Å². The molecule has 4 nitrogen and oxygen atoms in total. The molecule has 0 unspecified atom stereocenters. The molecule has 0 N–H and O–H groups in total. The topological polar surface area (TPSA) is 58.6 Å². The van der Waals surface area contributed by atoms with Crippen molar-refractivity contribution in [1.82, 2.24) is 0 Å². The average Bonchev–Trinajstić information content (AvgIpc) is 1.66. The molecule has 0 rings (SSSR count). The van der Waals surface area contributed by atoms with E-state index in [1.807, 2.05) is 6.92 Å². The predicted molar refractivity (Wildman–Crippen MR) is 22.7 cm³/mol. The number of carbonyl (C=O) groups excluding carboxylic acids is 1. The van der Waals surface area contributed by atoms with Crippen LogP contribution in [-0.4, -0.2) is 12.8 Å². The Kier molecular flexibility index (Phi) is 10.9. The van der Waals surface area contributed by atoms with Crippen molar-refractivity contribution in [2.45, 2.75) is 13.3 Å². The summed E-state index contributed by atoms with van der Waals surface area (Å²) in [5.74, 6) is 0. The first-order valence-corrected chi connectivity index (χ1v) is 2.27. The van der Waals surface area contributed by atoms with E-state index in [4.69, 9.17) is 0 Å². The SMILES string of the molecule is CCCOOC(=O)[O-].[Na+]. The van der Waals surface area contributed by atoms with Crippen LogP contribution in [-0.2, 0) is 9.78 Å². The van der Waals surface area contributed by atoms with Gasteiger partial charge >= 0.3 is 29.6 Å². The van der Waals surface area contributed by atoms with Crippen LogP contribution in [0.2, 0.25) is 0 Å². The molecule has 0 atom stereocenters. The third-order valence-corrected chi connectivity index (χ3v) is 0.414. The van der Waals surface area contributed by atoms with Gasteiger partial charge in [0, 0.05) is 0 Å². The first kappa shape index (κ1) is 12.0. The summed E-state index contributed by atoms with van der Waals surface area (Å²) >= 11 is 0. The Morgan fingerprint density at radius 1 is 1.67 bits per heavy atom. The second-order valence-corrected chi connectivity index (χ2v) is 1.16.